The minimum atomic E-state index is -4.50. The topological polar surface area (TPSA) is 61.3 Å². The Morgan fingerprint density at radius 3 is 2.75 bits per heavy atom. The van der Waals surface area contributed by atoms with E-state index in [1.807, 2.05) is 0 Å². The van der Waals surface area contributed by atoms with E-state index in [2.05, 4.69) is 9.97 Å². The minimum Gasteiger partial charge on any atom is -0.343 e. The van der Waals surface area contributed by atoms with Gasteiger partial charge in [0.2, 0.25) is 6.29 Å². The number of carbonyl (C=O) groups is 1. The van der Waals surface area contributed by atoms with Crippen LogP contribution in [0.4, 0.5) is 13.2 Å². The summed E-state index contributed by atoms with van der Waals surface area (Å²) >= 11 is 1.08. The van der Waals surface area contributed by atoms with Crippen molar-refractivity contribution >= 4 is 17.5 Å². The van der Waals surface area contributed by atoms with Crippen molar-refractivity contribution in [2.45, 2.75) is 61.1 Å². The van der Waals surface area contributed by atoms with Crippen molar-refractivity contribution in [1.82, 2.24) is 9.97 Å². The van der Waals surface area contributed by atoms with Crippen LogP contribution in [0.3, 0.4) is 0 Å². The molecule has 4 rings (SSSR count). The summed E-state index contributed by atoms with van der Waals surface area (Å²) in [5.41, 5.74) is -0.133. The average molecular weight is 360 g/mol. The fourth-order valence-electron chi connectivity index (χ4n) is 3.32. The molecule has 0 aromatic carbocycles. The maximum absolute atomic E-state index is 13.3. The van der Waals surface area contributed by atoms with Crippen LogP contribution in [0.25, 0.3) is 0 Å². The molecule has 24 heavy (non-hydrogen) atoms. The number of aromatic nitrogens is 2. The number of nitrogens with zero attached hydrogens (tertiary/aromatic N) is 2. The monoisotopic (exact) mass is 360 g/mol. The molecule has 2 fully saturated rings. The first-order chi connectivity index (χ1) is 11.4. The van der Waals surface area contributed by atoms with Gasteiger partial charge in [0.15, 0.2) is 16.6 Å². The quantitative estimate of drug-likeness (QED) is 0.756. The number of ketones is 1. The smallest absolute Gasteiger partial charge is 0.343 e. The van der Waals surface area contributed by atoms with Crippen LogP contribution < -0.4 is 0 Å². The summed E-state index contributed by atoms with van der Waals surface area (Å²) in [5, 5.41) is -0.256. The largest absolute Gasteiger partial charge is 0.433 e. The normalized spacial score (nSPS) is 29.6. The van der Waals surface area contributed by atoms with Gasteiger partial charge in [-0.25, -0.2) is 9.97 Å². The third-order valence-electron chi connectivity index (χ3n) is 4.48. The Bertz CT molecular complexity index is 683. The van der Waals surface area contributed by atoms with Crippen LogP contribution in [-0.4, -0.2) is 40.0 Å². The van der Waals surface area contributed by atoms with Crippen molar-refractivity contribution in [1.29, 1.82) is 0 Å². The van der Waals surface area contributed by atoms with Gasteiger partial charge in [-0.1, -0.05) is 11.8 Å². The van der Waals surface area contributed by atoms with Gasteiger partial charge in [0.1, 0.15) is 0 Å². The van der Waals surface area contributed by atoms with Crippen LogP contribution in [0, 0.1) is 0 Å². The summed E-state index contributed by atoms with van der Waals surface area (Å²) in [5.74, 6) is -0.185. The van der Waals surface area contributed by atoms with Crippen LogP contribution in [-0.2, 0) is 33.3 Å². The lowest BCUT2D eigenvalue weighted by Crippen LogP contribution is -2.37. The molecular formula is C15H15F3N2O3S. The van der Waals surface area contributed by atoms with Crippen molar-refractivity contribution in [2.75, 3.05) is 6.61 Å². The summed E-state index contributed by atoms with van der Waals surface area (Å²) in [6.45, 7) is 0.269. The van der Waals surface area contributed by atoms with Crippen molar-refractivity contribution in [2.24, 2.45) is 0 Å². The Morgan fingerprint density at radius 1 is 1.17 bits per heavy atom. The molecule has 0 unspecified atom stereocenters. The molecule has 5 nitrogen and oxygen atoms in total. The number of fused-ring (bicyclic) bond motifs is 3. The van der Waals surface area contributed by atoms with Crippen LogP contribution >= 0.6 is 11.8 Å². The van der Waals surface area contributed by atoms with E-state index in [1.54, 1.807) is 0 Å². The van der Waals surface area contributed by atoms with Gasteiger partial charge in [0, 0.05) is 22.9 Å². The number of hydrogen-bond acceptors (Lipinski definition) is 6. The maximum Gasteiger partial charge on any atom is 0.433 e. The summed E-state index contributed by atoms with van der Waals surface area (Å²) in [4.78, 5) is 19.9. The molecule has 0 radical (unpaired) electrons. The molecule has 9 heteroatoms. The molecule has 1 aliphatic carbocycles. The number of carbonyl (C=O) groups excluding carboxylic acids is 1. The van der Waals surface area contributed by atoms with Gasteiger partial charge in [-0.3, -0.25) is 4.79 Å². The van der Waals surface area contributed by atoms with E-state index in [1.165, 1.54) is 0 Å². The highest BCUT2D eigenvalue weighted by Gasteiger charge is 2.44. The van der Waals surface area contributed by atoms with Crippen LogP contribution in [0.15, 0.2) is 5.16 Å². The SMILES string of the molecule is O=C1C[C@H](Sc2nc3c(c(C(F)(F)F)n2)CCCC3)[C@H]2CO[C@@H]1O2. The summed E-state index contributed by atoms with van der Waals surface area (Å²) in [7, 11) is 0. The Hall–Kier alpha value is -1.19. The summed E-state index contributed by atoms with van der Waals surface area (Å²) < 4.78 is 50.7. The Morgan fingerprint density at radius 2 is 1.96 bits per heavy atom. The van der Waals surface area contributed by atoms with E-state index >= 15 is 0 Å². The molecule has 0 N–H and O–H groups in total. The van der Waals surface area contributed by atoms with Crippen molar-refractivity contribution in [3.05, 3.63) is 17.0 Å². The highest BCUT2D eigenvalue weighted by atomic mass is 32.2. The molecule has 2 saturated heterocycles. The van der Waals surface area contributed by atoms with E-state index < -0.39 is 18.2 Å². The fraction of sp³-hybridized carbons (Fsp3) is 0.667. The van der Waals surface area contributed by atoms with E-state index in [4.69, 9.17) is 9.47 Å². The molecule has 130 valence electrons. The summed E-state index contributed by atoms with van der Waals surface area (Å²) in [6, 6.07) is 0. The maximum atomic E-state index is 13.3. The second-order valence-corrected chi connectivity index (χ2v) is 7.36. The predicted octanol–water partition coefficient (Wildman–Crippen LogP) is 2.55. The number of alkyl halides is 3. The van der Waals surface area contributed by atoms with E-state index in [0.717, 1.165) is 24.6 Å². The minimum absolute atomic E-state index is 0.0646. The molecule has 1 aromatic rings. The van der Waals surface area contributed by atoms with Gasteiger partial charge in [-0.2, -0.15) is 13.2 Å². The second-order valence-electron chi connectivity index (χ2n) is 6.15. The Balaban J connectivity index is 1.64. The predicted molar refractivity (Wildman–Crippen MR) is 77.6 cm³/mol. The molecule has 3 aliphatic rings. The first kappa shape index (κ1) is 16.3. The van der Waals surface area contributed by atoms with Gasteiger partial charge in [0.05, 0.1) is 12.7 Å². The first-order valence-corrected chi connectivity index (χ1v) is 8.73. The molecule has 3 atom stereocenters. The third-order valence-corrected chi connectivity index (χ3v) is 5.64. The van der Waals surface area contributed by atoms with E-state index in [0.29, 0.717) is 18.5 Å². The van der Waals surface area contributed by atoms with Gasteiger partial charge in [-0.05, 0) is 25.7 Å². The fourth-order valence-corrected chi connectivity index (χ4v) is 4.44. The zero-order chi connectivity index (χ0) is 16.9. The Kier molecular flexibility index (Phi) is 4.04. The number of halogens is 3. The van der Waals surface area contributed by atoms with Crippen LogP contribution in [0.1, 0.15) is 36.2 Å². The zero-order valence-corrected chi connectivity index (χ0v) is 13.5. The van der Waals surface area contributed by atoms with E-state index in [-0.39, 0.29) is 40.9 Å². The molecule has 1 aromatic heterocycles. The highest BCUT2D eigenvalue weighted by Crippen LogP contribution is 2.39. The number of rotatable bonds is 2. The molecule has 0 spiro atoms. The van der Waals surface area contributed by atoms with Crippen LogP contribution in [0.5, 0.6) is 0 Å². The number of ether oxygens (including phenoxy) is 2. The van der Waals surface area contributed by atoms with Gasteiger partial charge in [0.25, 0.3) is 0 Å². The molecule has 2 aliphatic heterocycles. The van der Waals surface area contributed by atoms with Crippen LogP contribution in [0.2, 0.25) is 0 Å². The van der Waals surface area contributed by atoms with Gasteiger partial charge < -0.3 is 9.47 Å². The molecule has 3 heterocycles. The third kappa shape index (κ3) is 2.93. The molecule has 0 saturated carbocycles. The lowest BCUT2D eigenvalue weighted by atomic mass is 9.94. The van der Waals surface area contributed by atoms with Crippen molar-refractivity contribution in [3.63, 3.8) is 0 Å². The molecule has 0 amide bonds. The van der Waals surface area contributed by atoms with Gasteiger partial charge in [-0.15, -0.1) is 0 Å². The lowest BCUT2D eigenvalue weighted by molar-refractivity contribution is -0.151. The summed E-state index contributed by atoms with van der Waals surface area (Å²) in [6.07, 6.45) is -3.00. The number of aryl methyl sites for hydroxylation is 1. The van der Waals surface area contributed by atoms with Crippen molar-refractivity contribution < 1.29 is 27.4 Å². The first-order valence-electron chi connectivity index (χ1n) is 7.85. The molecular weight excluding hydrogens is 345 g/mol. The number of thioether (sulfide) groups is 1. The Labute approximate surface area is 140 Å². The lowest BCUT2D eigenvalue weighted by Gasteiger charge is -2.26. The highest BCUT2D eigenvalue weighted by molar-refractivity contribution is 7.99. The average Bonchev–Trinajstić information content (AvgIpc) is 2.97. The standard InChI is InChI=1S/C15H15F3N2O3S/c16-15(17,18)12-7-3-1-2-4-8(7)19-14(20-12)24-11-5-9(21)13-22-6-10(11)23-13/h10-11,13H,1-6H2/t10-,11+,13-/m1/s1. The van der Waals surface area contributed by atoms with E-state index in [9.17, 15) is 18.0 Å². The van der Waals surface area contributed by atoms with Crippen molar-refractivity contribution in [3.8, 4) is 0 Å². The number of hydrogen-bond donors (Lipinski definition) is 0. The molecule has 2 bridgehead atoms. The second kappa shape index (κ2) is 5.96. The van der Waals surface area contributed by atoms with Gasteiger partial charge >= 0.3 is 6.18 Å². The zero-order valence-electron chi connectivity index (χ0n) is 12.6. The number of Topliss-reactive ketones (excluding diaryl/α,β-unsaturated/α-hetero) is 1.